The standard InChI is InChI=1S/C14H21N3S/c1-7-13(18-14(16-7)17-15)12-10-3-8-2-9(5-10)6-11(12)4-8/h8-12H,2-6,15H2,1H3,(H,16,17). The quantitative estimate of drug-likeness (QED) is 0.636. The molecule has 0 atom stereocenters. The van der Waals surface area contributed by atoms with E-state index in [0.717, 1.165) is 34.7 Å². The lowest BCUT2D eigenvalue weighted by atomic mass is 9.51. The van der Waals surface area contributed by atoms with Crippen LogP contribution >= 0.6 is 11.3 Å². The summed E-state index contributed by atoms with van der Waals surface area (Å²) in [6, 6.07) is 0. The van der Waals surface area contributed by atoms with E-state index < -0.39 is 0 Å². The number of thiazole rings is 1. The minimum absolute atomic E-state index is 0.789. The maximum Gasteiger partial charge on any atom is 0.197 e. The average Bonchev–Trinajstić information content (AvgIpc) is 2.69. The lowest BCUT2D eigenvalue weighted by Crippen LogP contribution is -2.43. The van der Waals surface area contributed by atoms with Gasteiger partial charge in [-0.1, -0.05) is 0 Å². The van der Waals surface area contributed by atoms with Crippen molar-refractivity contribution < 1.29 is 0 Å². The van der Waals surface area contributed by atoms with E-state index in [1.165, 1.54) is 42.7 Å². The lowest BCUT2D eigenvalue weighted by molar-refractivity contribution is -0.00186. The van der Waals surface area contributed by atoms with Crippen LogP contribution in [0.25, 0.3) is 0 Å². The number of nitrogen functional groups attached to an aromatic ring is 1. The van der Waals surface area contributed by atoms with Crippen LogP contribution < -0.4 is 11.3 Å². The molecule has 4 saturated carbocycles. The number of nitrogens with one attached hydrogen (secondary N) is 1. The number of rotatable bonds is 2. The van der Waals surface area contributed by atoms with E-state index >= 15 is 0 Å². The summed E-state index contributed by atoms with van der Waals surface area (Å²) in [6.45, 7) is 2.15. The van der Waals surface area contributed by atoms with E-state index in [2.05, 4.69) is 17.3 Å². The zero-order chi connectivity index (χ0) is 12.3. The summed E-state index contributed by atoms with van der Waals surface area (Å²) in [6.07, 6.45) is 7.42. The molecule has 0 spiro atoms. The highest BCUT2D eigenvalue weighted by Crippen LogP contribution is 2.60. The van der Waals surface area contributed by atoms with Crippen molar-refractivity contribution >= 4 is 16.5 Å². The zero-order valence-corrected chi connectivity index (χ0v) is 11.7. The van der Waals surface area contributed by atoms with Gasteiger partial charge in [0, 0.05) is 10.8 Å². The first-order valence-corrected chi connectivity index (χ1v) is 8.00. The van der Waals surface area contributed by atoms with E-state index in [1.807, 2.05) is 0 Å². The summed E-state index contributed by atoms with van der Waals surface area (Å²) < 4.78 is 0. The summed E-state index contributed by atoms with van der Waals surface area (Å²) >= 11 is 1.79. The van der Waals surface area contributed by atoms with Gasteiger partial charge in [0.15, 0.2) is 5.13 Å². The Labute approximate surface area is 112 Å². The summed E-state index contributed by atoms with van der Waals surface area (Å²) in [5.41, 5.74) is 3.93. The Bertz CT molecular complexity index is 440. The van der Waals surface area contributed by atoms with Gasteiger partial charge in [0.05, 0.1) is 5.69 Å². The SMILES string of the molecule is Cc1nc(NN)sc1C1C2CC3CC(C2)CC1C3. The second kappa shape index (κ2) is 3.94. The summed E-state index contributed by atoms with van der Waals surface area (Å²) in [4.78, 5) is 6.07. The number of aryl methyl sites for hydroxylation is 1. The number of hydrogen-bond acceptors (Lipinski definition) is 4. The van der Waals surface area contributed by atoms with Gasteiger partial charge >= 0.3 is 0 Å². The van der Waals surface area contributed by atoms with Gasteiger partial charge in [-0.3, -0.25) is 5.43 Å². The van der Waals surface area contributed by atoms with Gasteiger partial charge < -0.3 is 0 Å². The Morgan fingerprint density at radius 1 is 1.11 bits per heavy atom. The normalized spacial score (nSPS) is 41.3. The van der Waals surface area contributed by atoms with Crippen molar-refractivity contribution in [1.29, 1.82) is 0 Å². The number of anilines is 1. The molecule has 3 N–H and O–H groups in total. The third kappa shape index (κ3) is 1.55. The van der Waals surface area contributed by atoms with Crippen LogP contribution in [0.5, 0.6) is 0 Å². The molecular formula is C14H21N3S. The predicted molar refractivity (Wildman–Crippen MR) is 74.4 cm³/mol. The number of nitrogens with two attached hydrogens (primary N) is 1. The fourth-order valence-electron chi connectivity index (χ4n) is 5.13. The van der Waals surface area contributed by atoms with Gasteiger partial charge in [-0.25, -0.2) is 10.8 Å². The van der Waals surface area contributed by atoms with Crippen LogP contribution in [0.2, 0.25) is 0 Å². The fourth-order valence-corrected chi connectivity index (χ4v) is 6.30. The number of hydrazine groups is 1. The highest BCUT2D eigenvalue weighted by atomic mass is 32.1. The maximum atomic E-state index is 5.50. The Morgan fingerprint density at radius 3 is 2.22 bits per heavy atom. The Kier molecular flexibility index (Phi) is 2.46. The van der Waals surface area contributed by atoms with Gasteiger partial charge in [0.1, 0.15) is 0 Å². The second-order valence-electron chi connectivity index (χ2n) is 6.57. The van der Waals surface area contributed by atoms with E-state index in [1.54, 1.807) is 11.3 Å². The minimum Gasteiger partial charge on any atom is -0.300 e. The number of hydrogen-bond donors (Lipinski definition) is 2. The molecule has 0 amide bonds. The van der Waals surface area contributed by atoms with Crippen LogP contribution in [-0.2, 0) is 0 Å². The number of nitrogens with zero attached hydrogens (tertiary/aromatic N) is 1. The molecule has 4 fully saturated rings. The molecule has 3 nitrogen and oxygen atoms in total. The van der Waals surface area contributed by atoms with Crippen molar-refractivity contribution in [2.45, 2.75) is 44.9 Å². The van der Waals surface area contributed by atoms with Gasteiger partial charge in [0.2, 0.25) is 0 Å². The molecule has 18 heavy (non-hydrogen) atoms. The van der Waals surface area contributed by atoms with Crippen molar-refractivity contribution in [2.75, 3.05) is 5.43 Å². The monoisotopic (exact) mass is 263 g/mol. The molecule has 0 unspecified atom stereocenters. The molecule has 1 aromatic rings. The molecule has 0 radical (unpaired) electrons. The molecule has 0 saturated heterocycles. The first-order valence-electron chi connectivity index (χ1n) is 7.18. The largest absolute Gasteiger partial charge is 0.300 e. The Morgan fingerprint density at radius 2 is 1.72 bits per heavy atom. The van der Waals surface area contributed by atoms with Crippen molar-refractivity contribution in [3.8, 4) is 0 Å². The highest BCUT2D eigenvalue weighted by Gasteiger charge is 2.49. The molecule has 4 aliphatic carbocycles. The van der Waals surface area contributed by atoms with E-state index in [0.29, 0.717) is 0 Å². The van der Waals surface area contributed by atoms with Crippen LogP contribution in [0.3, 0.4) is 0 Å². The molecular weight excluding hydrogens is 242 g/mol. The number of aromatic nitrogens is 1. The van der Waals surface area contributed by atoms with Crippen molar-refractivity contribution in [3.05, 3.63) is 10.6 Å². The molecule has 1 heterocycles. The zero-order valence-electron chi connectivity index (χ0n) is 10.9. The molecule has 4 heteroatoms. The van der Waals surface area contributed by atoms with E-state index in [4.69, 9.17) is 5.84 Å². The highest BCUT2D eigenvalue weighted by molar-refractivity contribution is 7.15. The summed E-state index contributed by atoms with van der Waals surface area (Å²) in [5.74, 6) is 10.3. The molecule has 4 aliphatic rings. The summed E-state index contributed by atoms with van der Waals surface area (Å²) in [5, 5.41) is 0.885. The van der Waals surface area contributed by atoms with Crippen LogP contribution in [0.1, 0.15) is 48.6 Å². The van der Waals surface area contributed by atoms with Gasteiger partial charge in [-0.05, 0) is 62.7 Å². The van der Waals surface area contributed by atoms with Crippen LogP contribution in [0, 0.1) is 30.6 Å². The third-order valence-electron chi connectivity index (χ3n) is 5.49. The molecule has 1 aromatic heterocycles. The van der Waals surface area contributed by atoms with E-state index in [9.17, 15) is 0 Å². The van der Waals surface area contributed by atoms with Gasteiger partial charge in [0.25, 0.3) is 0 Å². The summed E-state index contributed by atoms with van der Waals surface area (Å²) in [7, 11) is 0. The average molecular weight is 263 g/mol. The van der Waals surface area contributed by atoms with Crippen LogP contribution in [-0.4, -0.2) is 4.98 Å². The molecule has 4 bridgehead atoms. The molecule has 0 aromatic carbocycles. The first-order chi connectivity index (χ1) is 8.74. The predicted octanol–water partition coefficient (Wildman–Crippen LogP) is 3.28. The lowest BCUT2D eigenvalue weighted by Gasteiger charge is -2.54. The van der Waals surface area contributed by atoms with Crippen LogP contribution in [0.15, 0.2) is 0 Å². The fraction of sp³-hybridized carbons (Fsp3) is 0.786. The van der Waals surface area contributed by atoms with E-state index in [-0.39, 0.29) is 0 Å². The smallest absolute Gasteiger partial charge is 0.197 e. The Hall–Kier alpha value is -0.610. The topological polar surface area (TPSA) is 50.9 Å². The van der Waals surface area contributed by atoms with Crippen molar-refractivity contribution in [3.63, 3.8) is 0 Å². The second-order valence-corrected chi connectivity index (χ2v) is 7.60. The molecule has 0 aliphatic heterocycles. The maximum absolute atomic E-state index is 5.50. The van der Waals surface area contributed by atoms with Crippen molar-refractivity contribution in [1.82, 2.24) is 4.98 Å². The van der Waals surface area contributed by atoms with Gasteiger partial charge in [-0.15, -0.1) is 11.3 Å². The van der Waals surface area contributed by atoms with Gasteiger partial charge in [-0.2, -0.15) is 0 Å². The van der Waals surface area contributed by atoms with Crippen LogP contribution in [0.4, 0.5) is 5.13 Å². The first kappa shape index (κ1) is 11.2. The van der Waals surface area contributed by atoms with Crippen molar-refractivity contribution in [2.24, 2.45) is 29.5 Å². The molecule has 5 rings (SSSR count). The third-order valence-corrected chi connectivity index (χ3v) is 6.68. The Balaban J connectivity index is 1.69. The molecule has 98 valence electrons. The minimum atomic E-state index is 0.789.